The molecule has 0 aliphatic heterocycles. The normalized spacial score (nSPS) is 16.9. The molecular weight excluding hydrogens is 244 g/mol. The molecule has 0 aromatic heterocycles. The molecule has 0 spiro atoms. The van der Waals surface area contributed by atoms with Crippen molar-refractivity contribution in [3.8, 4) is 0 Å². The van der Waals surface area contributed by atoms with Crippen LogP contribution in [0, 0.1) is 5.41 Å². The van der Waals surface area contributed by atoms with Crippen molar-refractivity contribution >= 4 is 11.9 Å². The third kappa shape index (κ3) is 2.35. The number of rotatable bonds is 2. The number of carbonyl (C=O) groups excluding carboxylic acids is 2. The Bertz CT molecular complexity index is 477. The Morgan fingerprint density at radius 2 is 1.63 bits per heavy atom. The predicted molar refractivity (Wildman–Crippen MR) is 69.5 cm³/mol. The zero-order valence-corrected chi connectivity index (χ0v) is 11.3. The van der Waals surface area contributed by atoms with Crippen molar-refractivity contribution in [2.24, 2.45) is 5.41 Å². The molecule has 0 fully saturated rings. The fourth-order valence-electron chi connectivity index (χ4n) is 2.79. The summed E-state index contributed by atoms with van der Waals surface area (Å²) in [5.41, 5.74) is 1.02. The minimum absolute atomic E-state index is 0.350. The third-order valence-electron chi connectivity index (χ3n) is 3.81. The van der Waals surface area contributed by atoms with Crippen LogP contribution in [0.3, 0.4) is 0 Å². The Morgan fingerprint density at radius 3 is 2.21 bits per heavy atom. The van der Waals surface area contributed by atoms with E-state index < -0.39 is 17.4 Å². The topological polar surface area (TPSA) is 52.6 Å². The maximum absolute atomic E-state index is 12.1. The van der Waals surface area contributed by atoms with E-state index in [-0.39, 0.29) is 0 Å². The average Bonchev–Trinajstić information content (AvgIpc) is 2.65. The summed E-state index contributed by atoms with van der Waals surface area (Å²) in [6, 6.07) is 7.90. The van der Waals surface area contributed by atoms with Crippen molar-refractivity contribution in [3.63, 3.8) is 0 Å². The van der Waals surface area contributed by atoms with Gasteiger partial charge in [0, 0.05) is 0 Å². The van der Waals surface area contributed by atoms with Crippen LogP contribution in [-0.2, 0) is 31.9 Å². The SMILES string of the molecule is COC(=O)C1(C(=O)OC)CCCc2ccccc2C1. The van der Waals surface area contributed by atoms with E-state index in [1.54, 1.807) is 0 Å². The average molecular weight is 262 g/mol. The lowest BCUT2D eigenvalue weighted by Crippen LogP contribution is -2.42. The first kappa shape index (κ1) is 13.6. The minimum atomic E-state index is -1.20. The molecule has 1 aromatic rings. The van der Waals surface area contributed by atoms with Crippen LogP contribution >= 0.6 is 0 Å². The van der Waals surface area contributed by atoms with Gasteiger partial charge in [-0.25, -0.2) is 0 Å². The second-order valence-electron chi connectivity index (χ2n) is 4.86. The maximum Gasteiger partial charge on any atom is 0.323 e. The molecule has 2 rings (SSSR count). The van der Waals surface area contributed by atoms with Gasteiger partial charge in [0.2, 0.25) is 0 Å². The number of fused-ring (bicyclic) bond motifs is 1. The fraction of sp³-hybridized carbons (Fsp3) is 0.467. The summed E-state index contributed by atoms with van der Waals surface area (Å²) in [4.78, 5) is 24.3. The van der Waals surface area contributed by atoms with Gasteiger partial charge < -0.3 is 9.47 Å². The van der Waals surface area contributed by atoms with Gasteiger partial charge in [0.1, 0.15) is 0 Å². The molecule has 0 unspecified atom stereocenters. The molecule has 19 heavy (non-hydrogen) atoms. The third-order valence-corrected chi connectivity index (χ3v) is 3.81. The van der Waals surface area contributed by atoms with E-state index in [1.807, 2.05) is 24.3 Å². The number of hydrogen-bond donors (Lipinski definition) is 0. The first-order valence-electron chi connectivity index (χ1n) is 6.37. The number of carbonyl (C=O) groups is 2. The Balaban J connectivity index is 2.45. The van der Waals surface area contributed by atoms with E-state index >= 15 is 0 Å². The van der Waals surface area contributed by atoms with Crippen molar-refractivity contribution in [2.45, 2.75) is 25.7 Å². The molecule has 1 aliphatic rings. The van der Waals surface area contributed by atoms with Crippen LogP contribution < -0.4 is 0 Å². The summed E-state index contributed by atoms with van der Waals surface area (Å²) in [6.45, 7) is 0. The predicted octanol–water partition coefficient (Wildman–Crippen LogP) is 1.90. The summed E-state index contributed by atoms with van der Waals surface area (Å²) in [5.74, 6) is -1.01. The standard InChI is InChI=1S/C15H18O4/c1-18-13(16)15(14(17)19-2)9-5-8-11-6-3-4-7-12(11)10-15/h3-4,6-7H,5,8-10H2,1-2H3. The van der Waals surface area contributed by atoms with Crippen LogP contribution in [0.1, 0.15) is 24.0 Å². The largest absolute Gasteiger partial charge is 0.468 e. The molecule has 0 saturated carbocycles. The van der Waals surface area contributed by atoms with Gasteiger partial charge in [-0.3, -0.25) is 9.59 Å². The molecule has 0 N–H and O–H groups in total. The number of esters is 2. The lowest BCUT2D eigenvalue weighted by molar-refractivity contribution is -0.169. The lowest BCUT2D eigenvalue weighted by Gasteiger charge is -2.26. The van der Waals surface area contributed by atoms with Crippen LogP contribution in [0.2, 0.25) is 0 Å². The monoisotopic (exact) mass is 262 g/mol. The number of aryl methyl sites for hydroxylation is 1. The van der Waals surface area contributed by atoms with E-state index in [1.165, 1.54) is 19.8 Å². The molecule has 0 amide bonds. The van der Waals surface area contributed by atoms with Gasteiger partial charge in [-0.15, -0.1) is 0 Å². The fourth-order valence-corrected chi connectivity index (χ4v) is 2.79. The second kappa shape index (κ2) is 5.43. The molecule has 1 aliphatic carbocycles. The highest BCUT2D eigenvalue weighted by atomic mass is 16.5. The summed E-state index contributed by atoms with van der Waals surface area (Å²) < 4.78 is 9.69. The van der Waals surface area contributed by atoms with Gasteiger partial charge >= 0.3 is 11.9 Å². The lowest BCUT2D eigenvalue weighted by atomic mass is 9.79. The van der Waals surface area contributed by atoms with Crippen LogP contribution in [0.4, 0.5) is 0 Å². The highest BCUT2D eigenvalue weighted by molar-refractivity contribution is 6.00. The Kier molecular flexibility index (Phi) is 3.88. The van der Waals surface area contributed by atoms with Crippen LogP contribution in [0.15, 0.2) is 24.3 Å². The van der Waals surface area contributed by atoms with Gasteiger partial charge in [-0.2, -0.15) is 0 Å². The molecule has 0 heterocycles. The maximum atomic E-state index is 12.1. The minimum Gasteiger partial charge on any atom is -0.468 e. The first-order chi connectivity index (χ1) is 9.14. The first-order valence-corrected chi connectivity index (χ1v) is 6.37. The summed E-state index contributed by atoms with van der Waals surface area (Å²) in [6.07, 6.45) is 2.44. The highest BCUT2D eigenvalue weighted by Crippen LogP contribution is 2.36. The molecule has 0 radical (unpaired) electrons. The van der Waals surface area contributed by atoms with E-state index in [9.17, 15) is 9.59 Å². The second-order valence-corrected chi connectivity index (χ2v) is 4.86. The van der Waals surface area contributed by atoms with E-state index in [2.05, 4.69) is 0 Å². The van der Waals surface area contributed by atoms with Crippen LogP contribution in [0.25, 0.3) is 0 Å². The van der Waals surface area contributed by atoms with Crippen molar-refractivity contribution in [2.75, 3.05) is 14.2 Å². The number of methoxy groups -OCH3 is 2. The molecule has 0 bridgehead atoms. The summed E-state index contributed by atoms with van der Waals surface area (Å²) in [7, 11) is 2.62. The van der Waals surface area contributed by atoms with Gasteiger partial charge in [0.05, 0.1) is 14.2 Å². The quantitative estimate of drug-likeness (QED) is 0.464. The number of hydrogen-bond acceptors (Lipinski definition) is 4. The van der Waals surface area contributed by atoms with Gasteiger partial charge in [-0.1, -0.05) is 24.3 Å². The van der Waals surface area contributed by atoms with Crippen molar-refractivity contribution < 1.29 is 19.1 Å². The molecule has 4 nitrogen and oxygen atoms in total. The van der Waals surface area contributed by atoms with Crippen molar-refractivity contribution in [3.05, 3.63) is 35.4 Å². The van der Waals surface area contributed by atoms with Gasteiger partial charge in [0.25, 0.3) is 0 Å². The number of benzene rings is 1. The summed E-state index contributed by atoms with van der Waals surface area (Å²) >= 11 is 0. The van der Waals surface area contributed by atoms with E-state index in [0.717, 1.165) is 18.4 Å². The molecule has 0 atom stereocenters. The van der Waals surface area contributed by atoms with Gasteiger partial charge in [0.15, 0.2) is 5.41 Å². The van der Waals surface area contributed by atoms with Gasteiger partial charge in [-0.05, 0) is 36.8 Å². The zero-order valence-electron chi connectivity index (χ0n) is 11.3. The van der Waals surface area contributed by atoms with E-state index in [0.29, 0.717) is 12.8 Å². The molecule has 102 valence electrons. The molecule has 0 saturated heterocycles. The van der Waals surface area contributed by atoms with Crippen molar-refractivity contribution in [1.82, 2.24) is 0 Å². The van der Waals surface area contributed by atoms with Crippen LogP contribution in [-0.4, -0.2) is 26.2 Å². The highest BCUT2D eigenvalue weighted by Gasteiger charge is 2.49. The van der Waals surface area contributed by atoms with Crippen molar-refractivity contribution in [1.29, 1.82) is 0 Å². The van der Waals surface area contributed by atoms with E-state index in [4.69, 9.17) is 9.47 Å². The Morgan fingerprint density at radius 1 is 1.05 bits per heavy atom. The number of ether oxygens (including phenoxy) is 2. The Labute approximate surface area is 112 Å². The zero-order chi connectivity index (χ0) is 13.9. The Hall–Kier alpha value is -1.84. The summed E-state index contributed by atoms with van der Waals surface area (Å²) in [5, 5.41) is 0. The molecule has 4 heteroatoms. The van der Waals surface area contributed by atoms with Crippen LogP contribution in [0.5, 0.6) is 0 Å². The molecular formula is C15H18O4. The molecule has 1 aromatic carbocycles. The smallest absolute Gasteiger partial charge is 0.323 e.